The molecular formula is C15H28O2. The highest BCUT2D eigenvalue weighted by molar-refractivity contribution is 5.65. The molecule has 0 heterocycles. The van der Waals surface area contributed by atoms with E-state index in [1.807, 2.05) is 0 Å². The largest absolute Gasteiger partial charge is 0.466 e. The van der Waals surface area contributed by atoms with E-state index in [4.69, 9.17) is 4.74 Å². The van der Waals surface area contributed by atoms with Gasteiger partial charge in [0.15, 0.2) is 0 Å². The predicted molar refractivity (Wildman–Crippen MR) is 73.0 cm³/mol. The molecule has 0 atom stereocenters. The van der Waals surface area contributed by atoms with Crippen molar-refractivity contribution in [3.63, 3.8) is 0 Å². The average Bonchev–Trinajstić information content (AvgIpc) is 2.30. The molecule has 0 aromatic carbocycles. The van der Waals surface area contributed by atoms with Crippen molar-refractivity contribution < 1.29 is 9.53 Å². The van der Waals surface area contributed by atoms with Gasteiger partial charge >= 0.3 is 5.97 Å². The first-order valence-corrected chi connectivity index (χ1v) is 7.05. The van der Waals surface area contributed by atoms with Crippen molar-refractivity contribution in [3.05, 3.63) is 12.2 Å². The fraction of sp³-hybridized carbons (Fsp3) is 0.800. The molecule has 0 bridgehead atoms. The zero-order chi connectivity index (χ0) is 12.8. The van der Waals surface area contributed by atoms with Crippen molar-refractivity contribution in [2.45, 2.75) is 71.6 Å². The summed E-state index contributed by atoms with van der Waals surface area (Å²) >= 11 is 0. The number of allylic oxidation sites excluding steroid dienone is 2. The molecule has 0 aromatic heterocycles. The molecule has 0 fully saturated rings. The third kappa shape index (κ3) is 15.2. The lowest BCUT2D eigenvalue weighted by atomic mass is 10.1. The fourth-order valence-corrected chi connectivity index (χ4v) is 1.75. The molecular weight excluding hydrogens is 212 g/mol. The maximum absolute atomic E-state index is 10.5. The first-order chi connectivity index (χ1) is 8.27. The Morgan fingerprint density at radius 3 is 2.12 bits per heavy atom. The van der Waals surface area contributed by atoms with E-state index < -0.39 is 0 Å². The minimum atomic E-state index is -0.162. The molecule has 0 saturated heterocycles. The molecule has 17 heavy (non-hydrogen) atoms. The van der Waals surface area contributed by atoms with Crippen LogP contribution in [-0.2, 0) is 9.53 Å². The second kappa shape index (κ2) is 13.3. The molecule has 2 nitrogen and oxygen atoms in total. The van der Waals surface area contributed by atoms with E-state index in [-0.39, 0.29) is 5.97 Å². The standard InChI is InChI=1S/C15H28O2/c1-3-4-5-6-7-8-9-10-11-12-13-14-17-15(2)16/h4-5H,3,6-14H2,1-2H3/b5-4+. The highest BCUT2D eigenvalue weighted by atomic mass is 16.5. The molecule has 0 N–H and O–H groups in total. The van der Waals surface area contributed by atoms with Gasteiger partial charge in [-0.25, -0.2) is 0 Å². The topological polar surface area (TPSA) is 26.3 Å². The summed E-state index contributed by atoms with van der Waals surface area (Å²) in [4.78, 5) is 10.5. The number of carbonyl (C=O) groups excluding carboxylic acids is 1. The van der Waals surface area contributed by atoms with Crippen LogP contribution in [0.15, 0.2) is 12.2 Å². The Kier molecular flexibility index (Phi) is 12.7. The predicted octanol–water partition coefficient (Wildman–Crippen LogP) is 4.64. The maximum atomic E-state index is 10.5. The van der Waals surface area contributed by atoms with Crippen LogP contribution in [0.1, 0.15) is 71.6 Å². The van der Waals surface area contributed by atoms with Crippen LogP contribution >= 0.6 is 0 Å². The van der Waals surface area contributed by atoms with Gasteiger partial charge in [0.05, 0.1) is 6.61 Å². The minimum Gasteiger partial charge on any atom is -0.466 e. The van der Waals surface area contributed by atoms with E-state index in [2.05, 4.69) is 19.1 Å². The van der Waals surface area contributed by atoms with Crippen LogP contribution in [0.25, 0.3) is 0 Å². The molecule has 0 radical (unpaired) electrons. The van der Waals surface area contributed by atoms with Gasteiger partial charge in [-0.3, -0.25) is 4.79 Å². The molecule has 100 valence electrons. The van der Waals surface area contributed by atoms with Crippen LogP contribution in [0, 0.1) is 0 Å². The van der Waals surface area contributed by atoms with Crippen molar-refractivity contribution in [3.8, 4) is 0 Å². The number of ether oxygens (including phenoxy) is 1. The molecule has 0 saturated carbocycles. The number of hydrogen-bond acceptors (Lipinski definition) is 2. The summed E-state index contributed by atoms with van der Waals surface area (Å²) in [6.45, 7) is 4.23. The second-order valence-electron chi connectivity index (χ2n) is 4.48. The summed E-state index contributed by atoms with van der Waals surface area (Å²) < 4.78 is 4.88. The molecule has 0 aromatic rings. The fourth-order valence-electron chi connectivity index (χ4n) is 1.75. The number of unbranched alkanes of at least 4 members (excludes halogenated alkanes) is 7. The van der Waals surface area contributed by atoms with Crippen molar-refractivity contribution >= 4 is 5.97 Å². The van der Waals surface area contributed by atoms with E-state index in [1.54, 1.807) is 0 Å². The molecule has 2 heteroatoms. The van der Waals surface area contributed by atoms with Gasteiger partial charge in [0.2, 0.25) is 0 Å². The lowest BCUT2D eigenvalue weighted by molar-refractivity contribution is -0.141. The Labute approximate surface area is 106 Å². The monoisotopic (exact) mass is 240 g/mol. The first kappa shape index (κ1) is 16.2. The van der Waals surface area contributed by atoms with E-state index >= 15 is 0 Å². The van der Waals surface area contributed by atoms with Crippen LogP contribution in [0.3, 0.4) is 0 Å². The van der Waals surface area contributed by atoms with E-state index in [0.29, 0.717) is 6.61 Å². The molecule has 0 aliphatic carbocycles. The van der Waals surface area contributed by atoms with Crippen molar-refractivity contribution in [2.75, 3.05) is 6.61 Å². The highest BCUT2D eigenvalue weighted by Crippen LogP contribution is 2.09. The summed E-state index contributed by atoms with van der Waals surface area (Å²) in [5, 5.41) is 0. The quantitative estimate of drug-likeness (QED) is 0.299. The Morgan fingerprint density at radius 1 is 0.941 bits per heavy atom. The van der Waals surface area contributed by atoms with Crippen molar-refractivity contribution in [2.24, 2.45) is 0 Å². The second-order valence-corrected chi connectivity index (χ2v) is 4.48. The SMILES string of the molecule is CC/C=C/CCCCCCCCCOC(C)=O. The summed E-state index contributed by atoms with van der Waals surface area (Å²) in [5.74, 6) is -0.162. The van der Waals surface area contributed by atoms with Gasteiger partial charge in [-0.1, -0.05) is 51.2 Å². The highest BCUT2D eigenvalue weighted by Gasteiger charge is 1.94. The molecule has 0 spiro atoms. The van der Waals surface area contributed by atoms with Gasteiger partial charge in [-0.15, -0.1) is 0 Å². The van der Waals surface area contributed by atoms with Crippen LogP contribution in [-0.4, -0.2) is 12.6 Å². The van der Waals surface area contributed by atoms with E-state index in [9.17, 15) is 4.79 Å². The number of carbonyl (C=O) groups is 1. The van der Waals surface area contributed by atoms with Gasteiger partial charge < -0.3 is 4.74 Å². The molecule has 0 aliphatic rings. The van der Waals surface area contributed by atoms with Crippen LogP contribution < -0.4 is 0 Å². The number of hydrogen-bond donors (Lipinski definition) is 0. The van der Waals surface area contributed by atoms with Crippen LogP contribution in [0.5, 0.6) is 0 Å². The summed E-state index contributed by atoms with van der Waals surface area (Å²) in [5.41, 5.74) is 0. The Bertz CT molecular complexity index is 197. The van der Waals surface area contributed by atoms with E-state index in [1.165, 1.54) is 51.9 Å². The zero-order valence-corrected chi connectivity index (χ0v) is 11.5. The smallest absolute Gasteiger partial charge is 0.302 e. The summed E-state index contributed by atoms with van der Waals surface area (Å²) in [7, 11) is 0. The third-order valence-corrected chi connectivity index (χ3v) is 2.72. The zero-order valence-electron chi connectivity index (χ0n) is 11.5. The van der Waals surface area contributed by atoms with Gasteiger partial charge in [0.1, 0.15) is 0 Å². The van der Waals surface area contributed by atoms with Gasteiger partial charge in [0.25, 0.3) is 0 Å². The Morgan fingerprint density at radius 2 is 1.53 bits per heavy atom. The van der Waals surface area contributed by atoms with Crippen LogP contribution in [0.2, 0.25) is 0 Å². The third-order valence-electron chi connectivity index (χ3n) is 2.72. The maximum Gasteiger partial charge on any atom is 0.302 e. The lowest BCUT2D eigenvalue weighted by Gasteiger charge is -2.02. The minimum absolute atomic E-state index is 0.162. The van der Waals surface area contributed by atoms with Crippen molar-refractivity contribution in [1.29, 1.82) is 0 Å². The number of esters is 1. The summed E-state index contributed by atoms with van der Waals surface area (Å²) in [6, 6.07) is 0. The van der Waals surface area contributed by atoms with E-state index in [0.717, 1.165) is 12.8 Å². The normalized spacial score (nSPS) is 10.9. The van der Waals surface area contributed by atoms with Gasteiger partial charge in [-0.2, -0.15) is 0 Å². The van der Waals surface area contributed by atoms with Crippen LogP contribution in [0.4, 0.5) is 0 Å². The lowest BCUT2D eigenvalue weighted by Crippen LogP contribution is -1.99. The van der Waals surface area contributed by atoms with Gasteiger partial charge in [-0.05, 0) is 25.7 Å². The summed E-state index contributed by atoms with van der Waals surface area (Å²) in [6.07, 6.45) is 15.7. The Hall–Kier alpha value is -0.790. The molecule has 0 rings (SSSR count). The molecule has 0 unspecified atom stereocenters. The molecule has 0 amide bonds. The number of rotatable bonds is 11. The van der Waals surface area contributed by atoms with Crippen molar-refractivity contribution in [1.82, 2.24) is 0 Å². The van der Waals surface area contributed by atoms with Gasteiger partial charge in [0, 0.05) is 6.92 Å². The Balaban J connectivity index is 2.98. The average molecular weight is 240 g/mol. The molecule has 0 aliphatic heterocycles. The first-order valence-electron chi connectivity index (χ1n) is 7.05.